The minimum Gasteiger partial charge on any atom is -0.359 e. The summed E-state index contributed by atoms with van der Waals surface area (Å²) in [4.78, 5) is 50.1. The topological polar surface area (TPSA) is 135 Å². The molecular formula is C32H46N4O6. The Morgan fingerprint density at radius 2 is 0.952 bits per heavy atom. The van der Waals surface area contributed by atoms with Crippen molar-refractivity contribution in [3.63, 3.8) is 0 Å². The fraction of sp³-hybridized carbons (Fsp3) is 0.875. The van der Waals surface area contributed by atoms with Crippen LogP contribution in [0, 0.1) is 70.0 Å². The largest absolute Gasteiger partial charge is 0.359 e. The number of nitrogens with one attached hydrogen (secondary N) is 4. The van der Waals surface area contributed by atoms with Gasteiger partial charge < -0.3 is 30.7 Å². The molecular weight excluding hydrogens is 536 g/mol. The molecule has 6 aliphatic carbocycles. The van der Waals surface area contributed by atoms with Crippen molar-refractivity contribution in [3.05, 3.63) is 0 Å². The third-order valence-electron chi connectivity index (χ3n) is 14.2. The zero-order valence-electron chi connectivity index (χ0n) is 25.2. The van der Waals surface area contributed by atoms with Crippen LogP contribution in [0.5, 0.6) is 0 Å². The molecule has 2 heterocycles. The highest BCUT2D eigenvalue weighted by Crippen LogP contribution is 2.87. The molecule has 8 fully saturated rings. The van der Waals surface area contributed by atoms with Crippen molar-refractivity contribution < 1.29 is 28.7 Å². The summed E-state index contributed by atoms with van der Waals surface area (Å²) < 4.78 is 13.9. The van der Waals surface area contributed by atoms with Crippen LogP contribution in [0.2, 0.25) is 0 Å². The van der Waals surface area contributed by atoms with Gasteiger partial charge in [0.1, 0.15) is 12.5 Å². The van der Waals surface area contributed by atoms with Crippen molar-refractivity contribution >= 4 is 23.6 Å². The Bertz CT molecular complexity index is 1140. The van der Waals surface area contributed by atoms with E-state index in [9.17, 15) is 19.2 Å². The lowest BCUT2D eigenvalue weighted by molar-refractivity contribution is -0.208. The smallest absolute Gasteiger partial charge is 0.222 e. The van der Waals surface area contributed by atoms with Gasteiger partial charge in [-0.3, -0.25) is 19.2 Å². The Labute approximate surface area is 247 Å². The minimum atomic E-state index is -0.333. The maximum absolute atomic E-state index is 13.2. The van der Waals surface area contributed by atoms with Crippen molar-refractivity contribution in [2.45, 2.75) is 89.9 Å². The number of carbonyl (C=O) groups excluding carboxylic acids is 4. The average molecular weight is 583 g/mol. The molecule has 4 amide bonds. The van der Waals surface area contributed by atoms with Gasteiger partial charge in [0.05, 0.1) is 12.2 Å². The van der Waals surface area contributed by atoms with Crippen LogP contribution in [0.15, 0.2) is 0 Å². The molecule has 0 aromatic rings. The SMILES string of the molecule is CNC(=O)CCC(=O)N[C@H]1O[C@H]2CC[C@@H]3[C@@H]2[C@@H]2[C@@H]4[C@H]5[C@H]6[C@H]7[C@@H](CC[C@H]7O[C@H](NC(=O)CCC(=O)NC)[C@@]6(C)[C@@H]34)[C@H]5[C@@]21C. The van der Waals surface area contributed by atoms with Crippen LogP contribution >= 0.6 is 0 Å². The number of ether oxygens (including phenoxy) is 2. The van der Waals surface area contributed by atoms with Crippen LogP contribution in [-0.4, -0.2) is 62.4 Å². The van der Waals surface area contributed by atoms with E-state index in [1.54, 1.807) is 14.1 Å². The van der Waals surface area contributed by atoms with E-state index >= 15 is 0 Å². The van der Waals surface area contributed by atoms with Gasteiger partial charge in [-0.2, -0.15) is 0 Å². The molecule has 0 spiro atoms. The summed E-state index contributed by atoms with van der Waals surface area (Å²) >= 11 is 0. The summed E-state index contributed by atoms with van der Waals surface area (Å²) in [6.45, 7) is 4.86. The highest BCUT2D eigenvalue weighted by molar-refractivity contribution is 5.84. The first-order chi connectivity index (χ1) is 20.1. The Morgan fingerprint density at radius 3 is 1.33 bits per heavy atom. The molecule has 42 heavy (non-hydrogen) atoms. The van der Waals surface area contributed by atoms with Crippen molar-refractivity contribution in [1.29, 1.82) is 0 Å². The lowest BCUT2D eigenvalue weighted by atomic mass is 9.60. The molecule has 8 rings (SSSR count). The first-order valence-electron chi connectivity index (χ1n) is 16.4. The molecule has 10 heteroatoms. The summed E-state index contributed by atoms with van der Waals surface area (Å²) in [5, 5.41) is 11.9. The second kappa shape index (κ2) is 9.16. The van der Waals surface area contributed by atoms with E-state index in [-0.39, 0.29) is 84.8 Å². The molecule has 0 unspecified atom stereocenters. The van der Waals surface area contributed by atoms with Crippen molar-refractivity contribution in [2.75, 3.05) is 14.1 Å². The van der Waals surface area contributed by atoms with Gasteiger partial charge in [-0.25, -0.2) is 0 Å². The Hall–Kier alpha value is -2.20. The lowest BCUT2D eigenvalue weighted by Gasteiger charge is -2.53. The summed E-state index contributed by atoms with van der Waals surface area (Å²) in [6.07, 6.45) is 4.56. The highest BCUT2D eigenvalue weighted by atomic mass is 16.5. The molecule has 0 aromatic carbocycles. The zero-order chi connectivity index (χ0) is 29.3. The van der Waals surface area contributed by atoms with Gasteiger partial charge in [0.15, 0.2) is 0 Å². The van der Waals surface area contributed by atoms with Crippen LogP contribution in [-0.2, 0) is 28.7 Å². The normalized spacial score (nSPS) is 52.7. The number of carbonyl (C=O) groups is 4. The van der Waals surface area contributed by atoms with E-state index in [0.29, 0.717) is 59.2 Å². The number of rotatable bonds is 8. The van der Waals surface area contributed by atoms with Crippen molar-refractivity contribution in [3.8, 4) is 0 Å². The number of fused-ring (bicyclic) bond motifs is 4. The minimum absolute atomic E-state index is 0.100. The molecule has 2 aliphatic heterocycles. The lowest BCUT2D eigenvalue weighted by Crippen LogP contribution is -2.61. The second-order valence-corrected chi connectivity index (χ2v) is 15.2. The fourth-order valence-corrected chi connectivity index (χ4v) is 13.4. The van der Waals surface area contributed by atoms with Crippen molar-refractivity contribution in [2.24, 2.45) is 70.0 Å². The fourth-order valence-electron chi connectivity index (χ4n) is 13.4. The summed E-state index contributed by atoms with van der Waals surface area (Å²) in [7, 11) is 3.20. The molecule has 10 nitrogen and oxygen atoms in total. The number of amides is 4. The highest BCUT2D eigenvalue weighted by Gasteiger charge is 2.87. The summed E-state index contributed by atoms with van der Waals surface area (Å²) in [5.41, 5.74) is -0.304. The van der Waals surface area contributed by atoms with Gasteiger partial charge in [-0.15, -0.1) is 0 Å². The molecule has 6 saturated carbocycles. The van der Waals surface area contributed by atoms with E-state index < -0.39 is 0 Å². The molecule has 0 aromatic heterocycles. The van der Waals surface area contributed by atoms with Gasteiger partial charge >= 0.3 is 0 Å². The molecule has 4 N–H and O–H groups in total. The van der Waals surface area contributed by atoms with E-state index in [0.717, 1.165) is 25.7 Å². The molecule has 2 saturated heterocycles. The van der Waals surface area contributed by atoms with Gasteiger partial charge in [0.25, 0.3) is 0 Å². The summed E-state index contributed by atoms with van der Waals surface area (Å²) in [5.74, 6) is 4.58. The van der Waals surface area contributed by atoms with Crippen LogP contribution in [0.1, 0.15) is 65.2 Å². The van der Waals surface area contributed by atoms with E-state index in [1.165, 1.54) is 0 Å². The molecule has 230 valence electrons. The van der Waals surface area contributed by atoms with Crippen LogP contribution in [0.4, 0.5) is 0 Å². The third-order valence-corrected chi connectivity index (χ3v) is 14.2. The quantitative estimate of drug-likeness (QED) is 0.343. The predicted molar refractivity (Wildman–Crippen MR) is 150 cm³/mol. The predicted octanol–water partition coefficient (Wildman–Crippen LogP) is 1.54. The Morgan fingerprint density at radius 1 is 0.571 bits per heavy atom. The monoisotopic (exact) mass is 582 g/mol. The molecule has 0 bridgehead atoms. The van der Waals surface area contributed by atoms with Crippen LogP contribution in [0.3, 0.4) is 0 Å². The first-order valence-corrected chi connectivity index (χ1v) is 16.4. The van der Waals surface area contributed by atoms with E-state index in [2.05, 4.69) is 35.1 Å². The third kappa shape index (κ3) is 3.23. The standard InChI is InChI=1S/C32H46N4O6/c1-31-25-13-5-7-16-22(13)28-23(25)24-26(32(28,2)30(42-16)36-20(40)12-10-18(38)34-4)14-6-8-15(21(14)27(24)31)41-29(31)35-19(39)11-9-17(37)33-3/h13-16,21-30H,5-12H2,1-4H3,(H,33,37)(H,34,38)(H,35,39)(H,36,40)/t13-,14-,15-,16+,21+,22+,23-,24-,25+,26-,27-,28-,29+,30+,31+,32+/m1/s1. The van der Waals surface area contributed by atoms with E-state index in [1.807, 2.05) is 0 Å². The van der Waals surface area contributed by atoms with E-state index in [4.69, 9.17) is 9.47 Å². The Balaban J connectivity index is 1.14. The first kappa shape index (κ1) is 27.4. The number of hydrogen-bond donors (Lipinski definition) is 4. The summed E-state index contributed by atoms with van der Waals surface area (Å²) in [6, 6.07) is 0. The zero-order valence-corrected chi connectivity index (χ0v) is 25.2. The maximum Gasteiger partial charge on any atom is 0.222 e. The molecule has 8 aliphatic rings. The van der Waals surface area contributed by atoms with Crippen LogP contribution in [0.25, 0.3) is 0 Å². The maximum atomic E-state index is 13.2. The van der Waals surface area contributed by atoms with Gasteiger partial charge in [0.2, 0.25) is 23.6 Å². The average Bonchev–Trinajstić information content (AvgIpc) is 3.77. The van der Waals surface area contributed by atoms with Gasteiger partial charge in [0, 0.05) is 50.6 Å². The second-order valence-electron chi connectivity index (χ2n) is 15.2. The number of hydrogen-bond acceptors (Lipinski definition) is 6. The van der Waals surface area contributed by atoms with Crippen molar-refractivity contribution in [1.82, 2.24) is 21.3 Å². The molecule has 0 radical (unpaired) electrons. The Kier molecular flexibility index (Phi) is 5.97. The van der Waals surface area contributed by atoms with Gasteiger partial charge in [-0.1, -0.05) is 13.8 Å². The molecule has 16 atom stereocenters. The van der Waals surface area contributed by atoms with Gasteiger partial charge in [-0.05, 0) is 84.9 Å². The van der Waals surface area contributed by atoms with Crippen LogP contribution < -0.4 is 21.3 Å².